The number of aromatic nitrogens is 2. The van der Waals surface area contributed by atoms with Crippen molar-refractivity contribution < 1.29 is 19.4 Å². The number of hydroxylamine groups is 1. The number of thiol groups is 1. The second-order valence-corrected chi connectivity index (χ2v) is 7.04. The number of rotatable bonds is 5. The Kier molecular flexibility index (Phi) is 5.81. The molecular formula is C17H20N4O4S. The summed E-state index contributed by atoms with van der Waals surface area (Å²) in [7, 11) is 0. The summed E-state index contributed by atoms with van der Waals surface area (Å²) in [6, 6.07) is 3.95. The Hall–Kier alpha value is -2.68. The number of carbonyl (C=O) groups is 2. The van der Waals surface area contributed by atoms with Gasteiger partial charge in [-0.15, -0.1) is 0 Å². The largest absolute Gasteiger partial charge is 0.623 e. The minimum Gasteiger partial charge on any atom is -0.623 e. The third-order valence-electron chi connectivity index (χ3n) is 3.51. The third kappa shape index (κ3) is 4.69. The van der Waals surface area contributed by atoms with Crippen molar-refractivity contribution in [1.29, 1.82) is 0 Å². The van der Waals surface area contributed by atoms with Gasteiger partial charge >= 0.3 is 5.97 Å². The van der Waals surface area contributed by atoms with Gasteiger partial charge in [-0.3, -0.25) is 9.78 Å². The van der Waals surface area contributed by atoms with Gasteiger partial charge in [-0.1, -0.05) is 0 Å². The maximum Gasteiger partial charge on any atom is 0.327 e. The summed E-state index contributed by atoms with van der Waals surface area (Å²) in [5.41, 5.74) is 0.994. The number of carboxylic acid groups (broad SMARTS) is 1. The molecule has 0 aliphatic carbocycles. The summed E-state index contributed by atoms with van der Waals surface area (Å²) in [5.74, 6) is -1.89. The van der Waals surface area contributed by atoms with Crippen molar-refractivity contribution in [3.63, 3.8) is 0 Å². The van der Waals surface area contributed by atoms with Crippen LogP contribution in [0.4, 0.5) is 0 Å². The predicted molar refractivity (Wildman–Crippen MR) is 101 cm³/mol. The van der Waals surface area contributed by atoms with Gasteiger partial charge in [0.05, 0.1) is 17.2 Å². The Morgan fingerprint density at radius 1 is 1.38 bits per heavy atom. The molecule has 9 heteroatoms. The molecule has 0 aliphatic heterocycles. The molecule has 0 spiro atoms. The van der Waals surface area contributed by atoms with Gasteiger partial charge in [0.1, 0.15) is 11.7 Å². The van der Waals surface area contributed by atoms with Crippen molar-refractivity contribution in [3.05, 3.63) is 40.9 Å². The summed E-state index contributed by atoms with van der Waals surface area (Å²) in [4.78, 5) is 31.6. The van der Waals surface area contributed by atoms with Crippen LogP contribution in [-0.4, -0.2) is 55.2 Å². The zero-order chi connectivity index (χ0) is 19.5. The molecule has 1 heterocycles. The van der Waals surface area contributed by atoms with Gasteiger partial charge < -0.3 is 15.6 Å². The number of fused-ring (bicyclic) bond motifs is 1. The van der Waals surface area contributed by atoms with E-state index in [0.717, 1.165) is 4.74 Å². The second kappa shape index (κ2) is 7.69. The summed E-state index contributed by atoms with van der Waals surface area (Å²) in [6.45, 7) is 5.38. The number of nitrogens with zero attached hydrogens (tertiary/aromatic N) is 3. The van der Waals surface area contributed by atoms with E-state index < -0.39 is 23.5 Å². The van der Waals surface area contributed by atoms with Crippen LogP contribution < -0.4 is 5.32 Å². The lowest BCUT2D eigenvalue weighted by atomic mass is 10.1. The zero-order valence-corrected chi connectivity index (χ0v) is 15.5. The Morgan fingerprint density at radius 2 is 2.08 bits per heavy atom. The first-order chi connectivity index (χ1) is 12.1. The van der Waals surface area contributed by atoms with Crippen LogP contribution in [0.25, 0.3) is 11.0 Å². The molecule has 1 atom stereocenters. The predicted octanol–water partition coefficient (Wildman–Crippen LogP) is 1.47. The molecule has 2 rings (SSSR count). The highest BCUT2D eigenvalue weighted by Crippen LogP contribution is 2.13. The molecule has 8 nitrogen and oxygen atoms in total. The molecule has 0 aliphatic rings. The van der Waals surface area contributed by atoms with E-state index in [2.05, 4.69) is 27.9 Å². The molecule has 2 aromatic rings. The Morgan fingerprint density at radius 3 is 2.65 bits per heavy atom. The van der Waals surface area contributed by atoms with Gasteiger partial charge in [-0.05, 0) is 18.2 Å². The molecule has 1 aromatic carbocycles. The van der Waals surface area contributed by atoms with E-state index in [4.69, 9.17) is 5.11 Å². The normalized spacial score (nSPS) is 13.5. The quantitative estimate of drug-likeness (QED) is 0.239. The molecule has 0 radical (unpaired) electrons. The van der Waals surface area contributed by atoms with Gasteiger partial charge in [0.2, 0.25) is 0 Å². The van der Waals surface area contributed by atoms with Gasteiger partial charge in [-0.25, -0.2) is 14.5 Å². The van der Waals surface area contributed by atoms with Crippen molar-refractivity contribution in [1.82, 2.24) is 15.3 Å². The molecule has 26 heavy (non-hydrogen) atoms. The van der Waals surface area contributed by atoms with Crippen LogP contribution in [-0.2, 0) is 4.79 Å². The number of benzene rings is 1. The molecule has 1 unspecified atom stereocenters. The Bertz CT molecular complexity index is 877. The van der Waals surface area contributed by atoms with Crippen molar-refractivity contribution in [2.24, 2.45) is 0 Å². The third-order valence-corrected chi connectivity index (χ3v) is 3.88. The summed E-state index contributed by atoms with van der Waals surface area (Å²) >= 11 is 3.90. The standard InChI is InChI=1S/C17H20N4O4S/c1-17(2,3)21(25)8-10-4-5-11-12(6-10)19-13(7-18-11)15(22)20-14(9-26)16(23)24/h4-8,14,26H,9H2,1-3H3,(H,20,22)(H,23,24)/b21-8+. The minimum atomic E-state index is -1.18. The summed E-state index contributed by atoms with van der Waals surface area (Å²) in [6.07, 6.45) is 2.71. The van der Waals surface area contributed by atoms with Crippen molar-refractivity contribution in [3.8, 4) is 0 Å². The highest BCUT2D eigenvalue weighted by molar-refractivity contribution is 7.80. The zero-order valence-electron chi connectivity index (χ0n) is 14.6. The second-order valence-electron chi connectivity index (χ2n) is 6.68. The van der Waals surface area contributed by atoms with Gasteiger partial charge in [0, 0.05) is 32.1 Å². The van der Waals surface area contributed by atoms with Gasteiger partial charge in [-0.2, -0.15) is 12.6 Å². The highest BCUT2D eigenvalue weighted by atomic mass is 32.1. The number of hydrogen-bond acceptors (Lipinski definition) is 6. The molecule has 1 amide bonds. The summed E-state index contributed by atoms with van der Waals surface area (Å²) < 4.78 is 0.836. The monoisotopic (exact) mass is 376 g/mol. The van der Waals surface area contributed by atoms with E-state index in [-0.39, 0.29) is 11.4 Å². The minimum absolute atomic E-state index is 0.0162. The van der Waals surface area contributed by atoms with E-state index in [0.29, 0.717) is 16.6 Å². The van der Waals surface area contributed by atoms with Crippen LogP contribution in [0.3, 0.4) is 0 Å². The topological polar surface area (TPSA) is 118 Å². The first-order valence-corrected chi connectivity index (χ1v) is 8.47. The number of carbonyl (C=O) groups excluding carboxylic acids is 1. The van der Waals surface area contributed by atoms with Gasteiger partial charge in [0.25, 0.3) is 5.91 Å². The first kappa shape index (κ1) is 19.6. The van der Waals surface area contributed by atoms with E-state index in [1.54, 1.807) is 39.0 Å². The first-order valence-electron chi connectivity index (χ1n) is 7.84. The fourth-order valence-corrected chi connectivity index (χ4v) is 2.21. The van der Waals surface area contributed by atoms with Crippen LogP contribution >= 0.6 is 12.6 Å². The molecule has 138 valence electrons. The molecule has 0 fully saturated rings. The molecule has 2 N–H and O–H groups in total. The van der Waals surface area contributed by atoms with E-state index in [1.807, 2.05) is 0 Å². The Balaban J connectivity index is 2.34. The lowest BCUT2D eigenvalue weighted by molar-refractivity contribution is -0.530. The molecule has 1 aromatic heterocycles. The van der Waals surface area contributed by atoms with Crippen molar-refractivity contribution in [2.75, 3.05) is 5.75 Å². The average molecular weight is 376 g/mol. The van der Waals surface area contributed by atoms with E-state index in [1.165, 1.54) is 12.4 Å². The Labute approximate surface area is 156 Å². The lowest BCUT2D eigenvalue weighted by Crippen LogP contribution is -2.42. The summed E-state index contributed by atoms with van der Waals surface area (Å²) in [5, 5.41) is 23.4. The molecular weight excluding hydrogens is 356 g/mol. The lowest BCUT2D eigenvalue weighted by Gasteiger charge is -2.18. The van der Waals surface area contributed by atoms with E-state index in [9.17, 15) is 14.8 Å². The van der Waals surface area contributed by atoms with Gasteiger partial charge in [0.15, 0.2) is 11.8 Å². The average Bonchev–Trinajstić information content (AvgIpc) is 2.57. The number of hydrogen-bond donors (Lipinski definition) is 3. The fourth-order valence-electron chi connectivity index (χ4n) is 1.96. The van der Waals surface area contributed by atoms with Crippen LogP contribution in [0, 0.1) is 5.21 Å². The van der Waals surface area contributed by atoms with Crippen LogP contribution in [0.1, 0.15) is 36.8 Å². The highest BCUT2D eigenvalue weighted by Gasteiger charge is 2.20. The van der Waals surface area contributed by atoms with Crippen molar-refractivity contribution in [2.45, 2.75) is 32.4 Å². The maximum atomic E-state index is 12.2. The number of nitrogens with one attached hydrogen (secondary N) is 1. The molecule has 0 saturated heterocycles. The molecule has 0 bridgehead atoms. The van der Waals surface area contributed by atoms with Crippen LogP contribution in [0.2, 0.25) is 0 Å². The number of amides is 1. The smallest absolute Gasteiger partial charge is 0.327 e. The number of carboxylic acids is 1. The SMILES string of the molecule is CC(C)(C)/[N+]([O-])=C\c1ccc2ncc(C(=O)NC(CS)C(=O)O)nc2c1. The molecule has 0 saturated carbocycles. The maximum absolute atomic E-state index is 12.2. The van der Waals surface area contributed by atoms with Crippen LogP contribution in [0.15, 0.2) is 24.4 Å². The number of aliphatic carboxylic acids is 1. The van der Waals surface area contributed by atoms with Crippen molar-refractivity contribution >= 4 is 41.8 Å². The van der Waals surface area contributed by atoms with E-state index >= 15 is 0 Å². The fraction of sp³-hybridized carbons (Fsp3) is 0.353. The van der Waals surface area contributed by atoms with Crippen LogP contribution in [0.5, 0.6) is 0 Å².